The first-order valence-electron chi connectivity index (χ1n) is 9.27. The molecule has 3 nitrogen and oxygen atoms in total. The zero-order valence-electron chi connectivity index (χ0n) is 15.7. The molecule has 0 N–H and O–H groups in total. The maximum Gasteiger partial charge on any atom is 0.254 e. The summed E-state index contributed by atoms with van der Waals surface area (Å²) in [6.45, 7) is 2.70. The highest BCUT2D eigenvalue weighted by Crippen LogP contribution is 2.37. The van der Waals surface area contributed by atoms with Gasteiger partial charge in [-0.2, -0.15) is 0 Å². The molecule has 136 valence electrons. The number of rotatable bonds is 3. The Morgan fingerprint density at radius 2 is 1.81 bits per heavy atom. The number of carbonyl (C=O) groups excluding carboxylic acids is 1. The second kappa shape index (κ2) is 7.28. The first kappa shape index (κ1) is 17.3. The first-order valence-corrected chi connectivity index (χ1v) is 9.27. The molecular weight excluding hydrogens is 334 g/mol. The molecule has 0 aromatic heterocycles. The van der Waals surface area contributed by atoms with E-state index in [1.54, 1.807) is 7.11 Å². The molecule has 1 atom stereocenters. The lowest BCUT2D eigenvalue weighted by Crippen LogP contribution is -2.40. The maximum atomic E-state index is 13.4. The first-order chi connectivity index (χ1) is 13.2. The smallest absolute Gasteiger partial charge is 0.254 e. The largest absolute Gasteiger partial charge is 0.497 e. The van der Waals surface area contributed by atoms with E-state index in [-0.39, 0.29) is 11.9 Å². The van der Waals surface area contributed by atoms with E-state index >= 15 is 0 Å². The van der Waals surface area contributed by atoms with Crippen molar-refractivity contribution >= 4 is 5.91 Å². The lowest BCUT2D eigenvalue weighted by Gasteiger charge is -2.38. The molecule has 0 aliphatic carbocycles. The Balaban J connectivity index is 1.80. The van der Waals surface area contributed by atoms with Crippen molar-refractivity contribution in [2.75, 3.05) is 13.7 Å². The van der Waals surface area contributed by atoms with Gasteiger partial charge in [-0.1, -0.05) is 54.1 Å². The minimum absolute atomic E-state index is 0.0778. The molecule has 0 bridgehead atoms. The lowest BCUT2D eigenvalue weighted by atomic mass is 9.87. The Morgan fingerprint density at radius 3 is 2.56 bits per heavy atom. The van der Waals surface area contributed by atoms with Crippen molar-refractivity contribution in [2.24, 2.45) is 0 Å². The van der Waals surface area contributed by atoms with Crippen LogP contribution in [0.5, 0.6) is 5.75 Å². The van der Waals surface area contributed by atoms with Crippen molar-refractivity contribution in [3.05, 3.63) is 101 Å². The van der Waals surface area contributed by atoms with Gasteiger partial charge in [0.15, 0.2) is 0 Å². The molecule has 1 unspecified atom stereocenters. The van der Waals surface area contributed by atoms with Crippen molar-refractivity contribution in [3.8, 4) is 5.75 Å². The van der Waals surface area contributed by atoms with Gasteiger partial charge in [0.25, 0.3) is 5.91 Å². The van der Waals surface area contributed by atoms with E-state index in [2.05, 4.69) is 24.3 Å². The van der Waals surface area contributed by atoms with E-state index in [0.29, 0.717) is 6.54 Å². The molecular formula is C24H23NO2. The van der Waals surface area contributed by atoms with Crippen molar-refractivity contribution < 1.29 is 9.53 Å². The van der Waals surface area contributed by atoms with Gasteiger partial charge < -0.3 is 9.64 Å². The molecule has 1 amide bonds. The van der Waals surface area contributed by atoms with Crippen LogP contribution in [0, 0.1) is 6.92 Å². The van der Waals surface area contributed by atoms with Crippen LogP contribution in [0.1, 0.15) is 38.7 Å². The summed E-state index contributed by atoms with van der Waals surface area (Å²) in [4.78, 5) is 15.4. The minimum Gasteiger partial charge on any atom is -0.497 e. The molecule has 1 aliphatic heterocycles. The number of methoxy groups -OCH3 is 1. The van der Waals surface area contributed by atoms with E-state index in [1.165, 1.54) is 11.1 Å². The molecule has 0 saturated heterocycles. The quantitative estimate of drug-likeness (QED) is 0.674. The van der Waals surface area contributed by atoms with E-state index < -0.39 is 0 Å². The van der Waals surface area contributed by atoms with Gasteiger partial charge in [-0.15, -0.1) is 0 Å². The summed E-state index contributed by atoms with van der Waals surface area (Å²) in [5.41, 5.74) is 5.39. The predicted molar refractivity (Wildman–Crippen MR) is 107 cm³/mol. The van der Waals surface area contributed by atoms with Crippen LogP contribution in [0.2, 0.25) is 0 Å². The maximum absolute atomic E-state index is 13.4. The van der Waals surface area contributed by atoms with E-state index in [4.69, 9.17) is 4.74 Å². The molecule has 4 rings (SSSR count). The van der Waals surface area contributed by atoms with Crippen LogP contribution in [0.25, 0.3) is 0 Å². The standard InChI is InChI=1S/C24H23NO2/c1-17-7-6-10-20(15-17)24(26)25-14-13-19-16-21(27-2)11-12-22(19)23(25)18-8-4-3-5-9-18/h3-12,15-16,23H,13-14H2,1-2H3. The summed E-state index contributed by atoms with van der Waals surface area (Å²) >= 11 is 0. The lowest BCUT2D eigenvalue weighted by molar-refractivity contribution is 0.0694. The van der Waals surface area contributed by atoms with Crippen molar-refractivity contribution in [3.63, 3.8) is 0 Å². The predicted octanol–water partition coefficient (Wildman–Crippen LogP) is 4.79. The molecule has 1 heterocycles. The number of hydrogen-bond donors (Lipinski definition) is 0. The van der Waals surface area contributed by atoms with Crippen molar-refractivity contribution in [1.82, 2.24) is 4.90 Å². The number of ether oxygens (including phenoxy) is 1. The summed E-state index contributed by atoms with van der Waals surface area (Å²) in [6, 6.07) is 24.2. The Labute approximate surface area is 160 Å². The Hall–Kier alpha value is -3.07. The summed E-state index contributed by atoms with van der Waals surface area (Å²) in [6.07, 6.45) is 0.827. The molecule has 3 aromatic carbocycles. The number of aryl methyl sites for hydroxylation is 1. The van der Waals surface area contributed by atoms with Gasteiger partial charge in [0.1, 0.15) is 5.75 Å². The van der Waals surface area contributed by atoms with Crippen LogP contribution in [0.4, 0.5) is 0 Å². The second-order valence-corrected chi connectivity index (χ2v) is 7.00. The van der Waals surface area contributed by atoms with E-state index in [9.17, 15) is 4.79 Å². The SMILES string of the molecule is COc1ccc2c(c1)CCN(C(=O)c1cccc(C)c1)C2c1ccccc1. The average Bonchev–Trinajstić information content (AvgIpc) is 2.72. The summed E-state index contributed by atoms with van der Waals surface area (Å²) in [5, 5.41) is 0. The van der Waals surface area contributed by atoms with Gasteiger partial charge in [0.05, 0.1) is 13.2 Å². The van der Waals surface area contributed by atoms with Gasteiger partial charge in [0.2, 0.25) is 0 Å². The number of carbonyl (C=O) groups is 1. The van der Waals surface area contributed by atoms with E-state index in [1.807, 2.05) is 60.4 Å². The molecule has 0 saturated carbocycles. The number of hydrogen-bond acceptors (Lipinski definition) is 2. The van der Waals surface area contributed by atoms with Crippen LogP contribution in [0.3, 0.4) is 0 Å². The Kier molecular flexibility index (Phi) is 4.68. The fourth-order valence-electron chi connectivity index (χ4n) is 3.89. The highest BCUT2D eigenvalue weighted by Gasteiger charge is 2.32. The zero-order chi connectivity index (χ0) is 18.8. The fraction of sp³-hybridized carbons (Fsp3) is 0.208. The second-order valence-electron chi connectivity index (χ2n) is 7.00. The molecule has 3 heteroatoms. The normalized spacial score (nSPS) is 15.9. The number of benzene rings is 3. The molecule has 0 fully saturated rings. The Morgan fingerprint density at radius 1 is 1.00 bits per heavy atom. The molecule has 0 spiro atoms. The van der Waals surface area contributed by atoms with Crippen molar-refractivity contribution in [1.29, 1.82) is 0 Å². The number of fused-ring (bicyclic) bond motifs is 1. The topological polar surface area (TPSA) is 29.5 Å². The number of nitrogens with zero attached hydrogens (tertiary/aromatic N) is 1. The monoisotopic (exact) mass is 357 g/mol. The molecule has 1 aliphatic rings. The highest BCUT2D eigenvalue weighted by atomic mass is 16.5. The van der Waals surface area contributed by atoms with E-state index in [0.717, 1.165) is 28.9 Å². The third kappa shape index (κ3) is 3.33. The number of amides is 1. The van der Waals surface area contributed by atoms with Crippen LogP contribution in [-0.2, 0) is 6.42 Å². The van der Waals surface area contributed by atoms with Gasteiger partial charge >= 0.3 is 0 Å². The van der Waals surface area contributed by atoms with Gasteiger partial charge in [-0.3, -0.25) is 4.79 Å². The third-order valence-electron chi connectivity index (χ3n) is 5.22. The van der Waals surface area contributed by atoms with Gasteiger partial charge in [-0.05, 0) is 54.3 Å². The highest BCUT2D eigenvalue weighted by molar-refractivity contribution is 5.95. The van der Waals surface area contributed by atoms with Crippen LogP contribution in [-0.4, -0.2) is 24.5 Å². The fourth-order valence-corrected chi connectivity index (χ4v) is 3.89. The molecule has 27 heavy (non-hydrogen) atoms. The summed E-state index contributed by atoms with van der Waals surface area (Å²) in [7, 11) is 1.69. The van der Waals surface area contributed by atoms with Crippen LogP contribution in [0.15, 0.2) is 72.8 Å². The third-order valence-corrected chi connectivity index (χ3v) is 5.22. The van der Waals surface area contributed by atoms with Crippen LogP contribution >= 0.6 is 0 Å². The summed E-state index contributed by atoms with van der Waals surface area (Å²) in [5.74, 6) is 0.938. The average molecular weight is 357 g/mol. The summed E-state index contributed by atoms with van der Waals surface area (Å²) < 4.78 is 5.40. The Bertz CT molecular complexity index is 965. The zero-order valence-corrected chi connectivity index (χ0v) is 15.7. The minimum atomic E-state index is -0.0890. The van der Waals surface area contributed by atoms with Gasteiger partial charge in [-0.25, -0.2) is 0 Å². The van der Waals surface area contributed by atoms with Crippen LogP contribution < -0.4 is 4.74 Å². The van der Waals surface area contributed by atoms with Crippen molar-refractivity contribution in [2.45, 2.75) is 19.4 Å². The molecule has 3 aromatic rings. The van der Waals surface area contributed by atoms with Gasteiger partial charge in [0, 0.05) is 12.1 Å². The molecule has 0 radical (unpaired) electrons.